The van der Waals surface area contributed by atoms with Crippen LogP contribution in [0.3, 0.4) is 0 Å². The van der Waals surface area contributed by atoms with Crippen LogP contribution in [0.5, 0.6) is 0 Å². The fourth-order valence-corrected chi connectivity index (χ4v) is 0.856. The van der Waals surface area contributed by atoms with Crippen molar-refractivity contribution in [1.82, 2.24) is 0 Å². The monoisotopic (exact) mass is 170 g/mol. The van der Waals surface area contributed by atoms with Gasteiger partial charge in [0.05, 0.1) is 6.61 Å². The molecule has 0 fully saturated rings. The second-order valence-electron chi connectivity index (χ2n) is 3.29. The van der Waals surface area contributed by atoms with Crippen LogP contribution in [0.2, 0.25) is 0 Å². The largest absolute Gasteiger partial charge is 0.393 e. The summed E-state index contributed by atoms with van der Waals surface area (Å²) in [6, 6.07) is 0. The van der Waals surface area contributed by atoms with E-state index in [1.54, 1.807) is 0 Å². The van der Waals surface area contributed by atoms with Crippen molar-refractivity contribution >= 4 is 0 Å². The van der Waals surface area contributed by atoms with E-state index in [1.807, 2.05) is 19.9 Å². The Bertz CT molecular complexity index is 169. The molecular weight excluding hydrogens is 152 g/mol. The van der Waals surface area contributed by atoms with Gasteiger partial charge in [-0.05, 0) is 26.7 Å². The average Bonchev–Trinajstić information content (AvgIpc) is 2.03. The predicted octanol–water partition coefficient (Wildman–Crippen LogP) is 1.64. The fourth-order valence-electron chi connectivity index (χ4n) is 0.856. The number of rotatable bonds is 5. The van der Waals surface area contributed by atoms with Crippen molar-refractivity contribution in [2.24, 2.45) is 0 Å². The molecule has 0 saturated carbocycles. The molecular formula is C10H18O2. The van der Waals surface area contributed by atoms with Crippen LogP contribution in [0.1, 0.15) is 26.7 Å². The van der Waals surface area contributed by atoms with Crippen LogP contribution in [-0.2, 0) is 0 Å². The van der Waals surface area contributed by atoms with E-state index in [0.29, 0.717) is 6.42 Å². The van der Waals surface area contributed by atoms with Gasteiger partial charge in [-0.2, -0.15) is 0 Å². The molecule has 0 radical (unpaired) electrons. The Morgan fingerprint density at radius 2 is 2.08 bits per heavy atom. The molecule has 0 aromatic heterocycles. The molecule has 2 nitrogen and oxygen atoms in total. The lowest BCUT2D eigenvalue weighted by molar-refractivity contribution is 0.0215. The Labute approximate surface area is 74.2 Å². The molecule has 0 amide bonds. The Morgan fingerprint density at radius 3 is 2.42 bits per heavy atom. The van der Waals surface area contributed by atoms with Crippen molar-refractivity contribution in [1.29, 1.82) is 0 Å². The van der Waals surface area contributed by atoms with Gasteiger partial charge in [0.15, 0.2) is 0 Å². The molecule has 0 heterocycles. The van der Waals surface area contributed by atoms with Gasteiger partial charge < -0.3 is 10.2 Å². The zero-order valence-electron chi connectivity index (χ0n) is 7.88. The Kier molecular flexibility index (Phi) is 4.86. The van der Waals surface area contributed by atoms with E-state index in [2.05, 4.69) is 6.58 Å². The van der Waals surface area contributed by atoms with Crippen LogP contribution in [0, 0.1) is 0 Å². The second-order valence-corrected chi connectivity index (χ2v) is 3.29. The van der Waals surface area contributed by atoms with Gasteiger partial charge in [0.25, 0.3) is 0 Å². The average molecular weight is 170 g/mol. The molecule has 2 N–H and O–H groups in total. The first-order chi connectivity index (χ1) is 5.54. The summed E-state index contributed by atoms with van der Waals surface area (Å²) in [4.78, 5) is 0. The summed E-state index contributed by atoms with van der Waals surface area (Å²) >= 11 is 0. The molecule has 0 bridgehead atoms. The van der Waals surface area contributed by atoms with Crippen molar-refractivity contribution in [3.05, 3.63) is 24.3 Å². The first kappa shape index (κ1) is 11.4. The van der Waals surface area contributed by atoms with Gasteiger partial charge in [-0.1, -0.05) is 17.7 Å². The van der Waals surface area contributed by atoms with Gasteiger partial charge in [-0.3, -0.25) is 0 Å². The highest BCUT2D eigenvalue weighted by Crippen LogP contribution is 2.14. The lowest BCUT2D eigenvalue weighted by Gasteiger charge is -2.20. The Hall–Kier alpha value is -0.600. The molecule has 1 atom stereocenters. The van der Waals surface area contributed by atoms with Crippen molar-refractivity contribution in [3.63, 3.8) is 0 Å². The van der Waals surface area contributed by atoms with Crippen molar-refractivity contribution in [3.8, 4) is 0 Å². The summed E-state index contributed by atoms with van der Waals surface area (Å²) in [7, 11) is 0. The highest BCUT2D eigenvalue weighted by Gasteiger charge is 2.19. The third-order valence-electron chi connectivity index (χ3n) is 1.78. The highest BCUT2D eigenvalue weighted by atomic mass is 16.3. The number of allylic oxidation sites excluding steroid dienone is 2. The smallest absolute Gasteiger partial charge is 0.106 e. The van der Waals surface area contributed by atoms with Crippen molar-refractivity contribution in [2.45, 2.75) is 32.3 Å². The van der Waals surface area contributed by atoms with Gasteiger partial charge in [0.1, 0.15) is 5.60 Å². The standard InChI is InChI=1S/C10H18O2/c1-4-10(12,8-11)7-5-6-9(2)3/h4,6,11-12H,1,5,7-8H2,2-3H3/t10-/m0/s1. The molecule has 12 heavy (non-hydrogen) atoms. The third-order valence-corrected chi connectivity index (χ3v) is 1.78. The molecule has 0 aliphatic carbocycles. The molecule has 0 saturated heterocycles. The minimum atomic E-state index is -1.11. The van der Waals surface area contributed by atoms with Crippen LogP contribution in [0.15, 0.2) is 24.3 Å². The summed E-state index contributed by atoms with van der Waals surface area (Å²) in [5.41, 5.74) is 0.116. The van der Waals surface area contributed by atoms with E-state index >= 15 is 0 Å². The maximum atomic E-state index is 9.54. The number of aliphatic hydroxyl groups is 2. The fraction of sp³-hybridized carbons (Fsp3) is 0.600. The molecule has 2 heteroatoms. The molecule has 0 unspecified atom stereocenters. The van der Waals surface area contributed by atoms with Gasteiger partial charge in [-0.25, -0.2) is 0 Å². The van der Waals surface area contributed by atoms with Gasteiger partial charge in [0.2, 0.25) is 0 Å². The summed E-state index contributed by atoms with van der Waals surface area (Å²) in [5.74, 6) is 0. The normalized spacial score (nSPS) is 15.0. The topological polar surface area (TPSA) is 40.5 Å². The van der Waals surface area contributed by atoms with E-state index in [1.165, 1.54) is 11.6 Å². The van der Waals surface area contributed by atoms with E-state index in [4.69, 9.17) is 5.11 Å². The predicted molar refractivity (Wildman–Crippen MR) is 50.9 cm³/mol. The summed E-state index contributed by atoms with van der Waals surface area (Å²) in [5, 5.41) is 18.4. The minimum absolute atomic E-state index is 0.257. The minimum Gasteiger partial charge on any atom is -0.393 e. The van der Waals surface area contributed by atoms with E-state index in [9.17, 15) is 5.11 Å². The maximum absolute atomic E-state index is 9.54. The van der Waals surface area contributed by atoms with E-state index in [0.717, 1.165) is 6.42 Å². The highest BCUT2D eigenvalue weighted by molar-refractivity contribution is 4.99. The summed E-state index contributed by atoms with van der Waals surface area (Å²) < 4.78 is 0. The third kappa shape index (κ3) is 4.31. The van der Waals surface area contributed by atoms with E-state index in [-0.39, 0.29) is 6.61 Å². The zero-order chi connectivity index (χ0) is 9.61. The lowest BCUT2D eigenvalue weighted by atomic mass is 9.98. The van der Waals surface area contributed by atoms with E-state index < -0.39 is 5.60 Å². The SMILES string of the molecule is C=C[C@@](O)(CO)CCC=C(C)C. The van der Waals surface area contributed by atoms with Crippen molar-refractivity contribution < 1.29 is 10.2 Å². The summed E-state index contributed by atoms with van der Waals surface area (Å²) in [6.45, 7) is 7.23. The molecule has 0 aromatic rings. The van der Waals surface area contributed by atoms with Crippen molar-refractivity contribution in [2.75, 3.05) is 6.61 Å². The zero-order valence-corrected chi connectivity index (χ0v) is 7.88. The van der Waals surface area contributed by atoms with Crippen LogP contribution in [0.25, 0.3) is 0 Å². The molecule has 0 aliphatic heterocycles. The van der Waals surface area contributed by atoms with Gasteiger partial charge >= 0.3 is 0 Å². The molecule has 70 valence electrons. The molecule has 0 rings (SSSR count). The first-order valence-electron chi connectivity index (χ1n) is 4.14. The molecule has 0 spiro atoms. The number of hydrogen-bond acceptors (Lipinski definition) is 2. The van der Waals surface area contributed by atoms with Crippen LogP contribution >= 0.6 is 0 Å². The number of aliphatic hydroxyl groups excluding tert-OH is 1. The van der Waals surface area contributed by atoms with Crippen LogP contribution in [0.4, 0.5) is 0 Å². The Morgan fingerprint density at radius 1 is 1.50 bits per heavy atom. The van der Waals surface area contributed by atoms with Crippen LogP contribution < -0.4 is 0 Å². The summed E-state index contributed by atoms with van der Waals surface area (Å²) in [6.07, 6.45) is 4.72. The molecule has 0 aliphatic rings. The second kappa shape index (κ2) is 5.12. The maximum Gasteiger partial charge on any atom is 0.106 e. The quantitative estimate of drug-likeness (QED) is 0.616. The lowest BCUT2D eigenvalue weighted by Crippen LogP contribution is -2.29. The van der Waals surface area contributed by atoms with Gasteiger partial charge in [0, 0.05) is 0 Å². The first-order valence-corrected chi connectivity index (χ1v) is 4.14. The van der Waals surface area contributed by atoms with Crippen LogP contribution in [-0.4, -0.2) is 22.4 Å². The molecule has 0 aromatic carbocycles. The number of hydrogen-bond donors (Lipinski definition) is 2. The van der Waals surface area contributed by atoms with Gasteiger partial charge in [-0.15, -0.1) is 6.58 Å². The Balaban J connectivity index is 3.89.